The van der Waals surface area contributed by atoms with E-state index in [0.29, 0.717) is 17.0 Å². The number of nitrogens with two attached hydrogens (primary N) is 1. The molecule has 2 unspecified atom stereocenters. The first-order chi connectivity index (χ1) is 14.3. The molecule has 2 aromatic rings. The second kappa shape index (κ2) is 6.53. The third kappa shape index (κ3) is 3.04. The van der Waals surface area contributed by atoms with Crippen molar-refractivity contribution in [2.24, 2.45) is 0 Å². The van der Waals surface area contributed by atoms with Crippen molar-refractivity contribution in [3.8, 4) is 6.07 Å². The molecule has 4 atom stereocenters. The van der Waals surface area contributed by atoms with Crippen LogP contribution in [0.15, 0.2) is 18.5 Å². The molecule has 1 aliphatic carbocycles. The Balaban J connectivity index is 1.47. The number of anilines is 1. The van der Waals surface area contributed by atoms with Crippen LogP contribution in [-0.2, 0) is 23.7 Å². The van der Waals surface area contributed by atoms with E-state index in [4.69, 9.17) is 29.4 Å². The molecule has 0 amide bonds. The normalized spacial score (nSPS) is 32.0. The molecule has 0 aromatic carbocycles. The van der Waals surface area contributed by atoms with Crippen molar-refractivity contribution in [1.29, 1.82) is 5.26 Å². The maximum Gasteiger partial charge on any atom is 0.508 e. The van der Waals surface area contributed by atoms with Crippen LogP contribution in [0.5, 0.6) is 0 Å². The second-order valence-corrected chi connectivity index (χ2v) is 8.12. The van der Waals surface area contributed by atoms with E-state index in [-0.39, 0.29) is 12.7 Å². The second-order valence-electron chi connectivity index (χ2n) is 8.12. The van der Waals surface area contributed by atoms with Crippen LogP contribution < -0.4 is 5.73 Å². The van der Waals surface area contributed by atoms with Crippen LogP contribution in [0.3, 0.4) is 0 Å². The van der Waals surface area contributed by atoms with E-state index < -0.39 is 35.9 Å². The summed E-state index contributed by atoms with van der Waals surface area (Å²) in [4.78, 5) is 15.9. The zero-order valence-corrected chi connectivity index (χ0v) is 16.5. The summed E-state index contributed by atoms with van der Waals surface area (Å²) in [5.74, 6) is -0.637. The van der Waals surface area contributed by atoms with Gasteiger partial charge in [-0.05, 0) is 38.8 Å². The highest BCUT2D eigenvalue weighted by atomic mass is 16.8. The van der Waals surface area contributed by atoms with Crippen LogP contribution in [0, 0.1) is 11.3 Å². The fourth-order valence-electron chi connectivity index (χ4n) is 3.91. The Bertz CT molecular complexity index is 1040. The first-order valence-electron chi connectivity index (χ1n) is 9.68. The maximum absolute atomic E-state index is 11.9. The van der Waals surface area contributed by atoms with E-state index in [1.54, 1.807) is 30.5 Å². The molecule has 3 aliphatic rings. The van der Waals surface area contributed by atoms with Gasteiger partial charge in [0.05, 0.1) is 5.69 Å². The smallest absolute Gasteiger partial charge is 0.431 e. The van der Waals surface area contributed by atoms with Gasteiger partial charge in [-0.3, -0.25) is 0 Å². The molecule has 3 fully saturated rings. The van der Waals surface area contributed by atoms with Crippen molar-refractivity contribution in [3.05, 3.63) is 24.2 Å². The van der Waals surface area contributed by atoms with Gasteiger partial charge in [0.1, 0.15) is 48.9 Å². The lowest BCUT2D eigenvalue weighted by molar-refractivity contribution is -0.205. The van der Waals surface area contributed by atoms with E-state index in [2.05, 4.69) is 16.2 Å². The topological polar surface area (TPSA) is 143 Å². The van der Waals surface area contributed by atoms with Crippen LogP contribution in [-0.4, -0.2) is 57.1 Å². The van der Waals surface area contributed by atoms with Gasteiger partial charge in [0.15, 0.2) is 11.6 Å². The van der Waals surface area contributed by atoms with E-state index >= 15 is 0 Å². The monoisotopic (exact) mass is 415 g/mol. The number of aromatic nitrogens is 3. The van der Waals surface area contributed by atoms with E-state index in [9.17, 15) is 10.1 Å². The van der Waals surface area contributed by atoms with Gasteiger partial charge in [-0.25, -0.2) is 14.3 Å². The molecule has 2 N–H and O–H groups in total. The molecule has 5 rings (SSSR count). The Morgan fingerprint density at radius 2 is 2.17 bits per heavy atom. The molecule has 0 bridgehead atoms. The number of fused-ring (bicyclic) bond motifs is 2. The average Bonchev–Trinajstić information content (AvgIpc) is 3.19. The van der Waals surface area contributed by atoms with Gasteiger partial charge in [-0.1, -0.05) is 0 Å². The number of ether oxygens (including phenoxy) is 5. The number of nitrogen functional groups attached to an aromatic ring is 1. The lowest BCUT2D eigenvalue weighted by atomic mass is 9.96. The molecule has 0 spiro atoms. The summed E-state index contributed by atoms with van der Waals surface area (Å²) < 4.78 is 30.1. The fourth-order valence-corrected chi connectivity index (χ4v) is 3.91. The maximum atomic E-state index is 11.9. The fraction of sp³-hybridized carbons (Fsp3) is 0.579. The summed E-state index contributed by atoms with van der Waals surface area (Å²) in [6.45, 7) is 3.15. The third-order valence-electron chi connectivity index (χ3n) is 5.41. The molecule has 30 heavy (non-hydrogen) atoms. The Morgan fingerprint density at radius 3 is 2.90 bits per heavy atom. The number of rotatable bonds is 4. The molecule has 2 aliphatic heterocycles. The van der Waals surface area contributed by atoms with Gasteiger partial charge in [0.25, 0.3) is 0 Å². The minimum atomic E-state index is -1.57. The number of nitriles is 1. The molecular formula is C19H21N5O6. The zero-order valence-electron chi connectivity index (χ0n) is 16.5. The highest BCUT2D eigenvalue weighted by molar-refractivity contribution is 5.65. The van der Waals surface area contributed by atoms with Crippen molar-refractivity contribution >= 4 is 17.5 Å². The SMILES string of the molecule is CC1(C)OC2C(O1)[C@@](C#N)(COC(=O)OC1CC1)O[C@H]2c1ccc2c(N)ncnn12. The molecular weight excluding hydrogens is 394 g/mol. The van der Waals surface area contributed by atoms with Crippen LogP contribution in [0.4, 0.5) is 10.6 Å². The van der Waals surface area contributed by atoms with Gasteiger partial charge >= 0.3 is 6.16 Å². The highest BCUT2D eigenvalue weighted by Crippen LogP contribution is 2.50. The lowest BCUT2D eigenvalue weighted by Crippen LogP contribution is -2.46. The van der Waals surface area contributed by atoms with E-state index in [1.165, 1.54) is 6.33 Å². The molecule has 158 valence electrons. The summed E-state index contributed by atoms with van der Waals surface area (Å²) >= 11 is 0. The quantitative estimate of drug-likeness (QED) is 0.729. The van der Waals surface area contributed by atoms with Gasteiger partial charge in [0, 0.05) is 0 Å². The molecule has 11 heteroatoms. The standard InChI is InChI=1S/C19H21N5O6/c1-18(2)28-14-13(11-5-6-12-16(21)22-9-23-24(11)12)29-19(7-20,15(14)30-18)8-26-17(25)27-10-3-4-10/h5-6,9-10,13-15H,3-4,8H2,1-2H3,(H2,21,22,23)/t13-,14?,15?,19+/m0/s1. The van der Waals surface area contributed by atoms with Gasteiger partial charge in [-0.2, -0.15) is 10.4 Å². The number of hydrogen-bond donors (Lipinski definition) is 1. The molecule has 11 nitrogen and oxygen atoms in total. The van der Waals surface area contributed by atoms with Crippen LogP contribution in [0.2, 0.25) is 0 Å². The van der Waals surface area contributed by atoms with Crippen LogP contribution in [0.25, 0.3) is 5.52 Å². The van der Waals surface area contributed by atoms with Crippen molar-refractivity contribution in [1.82, 2.24) is 14.6 Å². The Labute approximate surface area is 171 Å². The van der Waals surface area contributed by atoms with Crippen LogP contribution >= 0.6 is 0 Å². The Morgan fingerprint density at radius 1 is 1.37 bits per heavy atom. The zero-order chi connectivity index (χ0) is 21.1. The van der Waals surface area contributed by atoms with Gasteiger partial charge in [-0.15, -0.1) is 0 Å². The third-order valence-corrected chi connectivity index (χ3v) is 5.41. The van der Waals surface area contributed by atoms with Crippen LogP contribution in [0.1, 0.15) is 38.5 Å². The predicted octanol–water partition coefficient (Wildman–Crippen LogP) is 1.48. The molecule has 2 aromatic heterocycles. The predicted molar refractivity (Wildman–Crippen MR) is 98.8 cm³/mol. The van der Waals surface area contributed by atoms with Crippen molar-refractivity contribution in [3.63, 3.8) is 0 Å². The minimum Gasteiger partial charge on any atom is -0.431 e. The van der Waals surface area contributed by atoms with Gasteiger partial charge in [0.2, 0.25) is 5.60 Å². The first-order valence-corrected chi connectivity index (χ1v) is 9.68. The summed E-state index contributed by atoms with van der Waals surface area (Å²) in [6.07, 6.45) is -0.0966. The largest absolute Gasteiger partial charge is 0.508 e. The molecule has 1 saturated carbocycles. The lowest BCUT2D eigenvalue weighted by Gasteiger charge is -2.28. The summed E-state index contributed by atoms with van der Waals surface area (Å²) in [7, 11) is 0. The average molecular weight is 415 g/mol. The number of hydrogen-bond acceptors (Lipinski definition) is 10. The van der Waals surface area contributed by atoms with Gasteiger partial charge < -0.3 is 29.4 Å². The minimum absolute atomic E-state index is 0.109. The molecule has 4 heterocycles. The van der Waals surface area contributed by atoms with Crippen molar-refractivity contribution in [2.75, 3.05) is 12.3 Å². The Kier molecular flexibility index (Phi) is 4.15. The van der Waals surface area contributed by atoms with E-state index in [1.807, 2.05) is 0 Å². The number of nitrogens with zero attached hydrogens (tertiary/aromatic N) is 4. The van der Waals surface area contributed by atoms with Crippen molar-refractivity contribution in [2.45, 2.75) is 62.5 Å². The number of carbonyl (C=O) groups excluding carboxylic acids is 1. The summed E-state index contributed by atoms with van der Waals surface area (Å²) in [6, 6.07) is 5.68. The summed E-state index contributed by atoms with van der Waals surface area (Å²) in [5.41, 5.74) is 5.58. The van der Waals surface area contributed by atoms with E-state index in [0.717, 1.165) is 12.8 Å². The first kappa shape index (κ1) is 19.0. The summed E-state index contributed by atoms with van der Waals surface area (Å²) in [5, 5.41) is 14.3. The molecule has 2 saturated heterocycles. The Hall–Kier alpha value is -2.94. The van der Waals surface area contributed by atoms with Crippen molar-refractivity contribution < 1.29 is 28.5 Å². The number of carbonyl (C=O) groups is 1. The highest BCUT2D eigenvalue weighted by Gasteiger charge is 2.65. The molecule has 0 radical (unpaired) electrons.